The Bertz CT molecular complexity index is 623. The third kappa shape index (κ3) is 2.44. The maximum absolute atomic E-state index is 11.8. The molecule has 17 heavy (non-hydrogen) atoms. The van der Waals surface area contributed by atoms with Crippen LogP contribution in [0.2, 0.25) is 0 Å². The molecule has 2 heterocycles. The fourth-order valence-corrected chi connectivity index (χ4v) is 4.61. The van der Waals surface area contributed by atoms with Crippen molar-refractivity contribution >= 4 is 19.9 Å². The van der Waals surface area contributed by atoms with Gasteiger partial charge in [-0.1, -0.05) is 6.08 Å². The van der Waals surface area contributed by atoms with Crippen molar-refractivity contribution in [2.45, 2.75) is 17.9 Å². The molecule has 0 radical (unpaired) electrons. The molecular weight excluding hydrogens is 262 g/mol. The molecule has 1 aliphatic rings. The van der Waals surface area contributed by atoms with Crippen molar-refractivity contribution in [2.75, 3.05) is 5.75 Å². The van der Waals surface area contributed by atoms with Gasteiger partial charge in [0.05, 0.1) is 17.3 Å². The zero-order chi connectivity index (χ0) is 12.7. The Labute approximate surface area is 101 Å². The summed E-state index contributed by atoms with van der Waals surface area (Å²) in [6, 6.07) is 0. The zero-order valence-corrected chi connectivity index (χ0v) is 10.8. The van der Waals surface area contributed by atoms with Crippen LogP contribution in [-0.4, -0.2) is 26.6 Å². The van der Waals surface area contributed by atoms with Gasteiger partial charge in [-0.15, -0.1) is 6.58 Å². The number of aromatic nitrogens is 1. The normalized spacial score (nSPS) is 17.9. The van der Waals surface area contributed by atoms with Gasteiger partial charge in [0.25, 0.3) is 0 Å². The molecule has 1 aliphatic heterocycles. The van der Waals surface area contributed by atoms with Gasteiger partial charge in [0.2, 0.25) is 10.0 Å². The lowest BCUT2D eigenvalue weighted by Gasteiger charge is -2.03. The van der Waals surface area contributed by atoms with E-state index in [4.69, 9.17) is 0 Å². The minimum absolute atomic E-state index is 0.0171. The third-order valence-electron chi connectivity index (χ3n) is 2.63. The highest BCUT2D eigenvalue weighted by Crippen LogP contribution is 2.26. The Hall–Kier alpha value is -1.08. The first-order valence-corrected chi connectivity index (χ1v) is 8.51. The number of fused-ring (bicyclic) bond motifs is 1. The lowest BCUT2D eigenvalue weighted by Crippen LogP contribution is -2.15. The summed E-state index contributed by atoms with van der Waals surface area (Å²) >= 11 is 0. The second-order valence-electron chi connectivity index (χ2n) is 4.06. The lowest BCUT2D eigenvalue weighted by molar-refractivity contribution is 0.585. The van der Waals surface area contributed by atoms with Crippen LogP contribution in [0.4, 0.5) is 0 Å². The van der Waals surface area contributed by atoms with E-state index in [1.807, 2.05) is 0 Å². The van der Waals surface area contributed by atoms with Gasteiger partial charge in [0.15, 0.2) is 9.84 Å². The van der Waals surface area contributed by atoms with Gasteiger partial charge < -0.3 is 0 Å². The van der Waals surface area contributed by atoms with E-state index in [9.17, 15) is 16.8 Å². The van der Waals surface area contributed by atoms with Crippen LogP contribution in [0, 0.1) is 0 Å². The molecule has 0 unspecified atom stereocenters. The van der Waals surface area contributed by atoms with Gasteiger partial charge in [-0.25, -0.2) is 16.8 Å². The average molecular weight is 275 g/mol. The van der Waals surface area contributed by atoms with Crippen LogP contribution in [0.15, 0.2) is 25.0 Å². The number of allylic oxidation sites excluding steroid dienone is 1. The van der Waals surface area contributed by atoms with Crippen molar-refractivity contribution < 1.29 is 16.8 Å². The lowest BCUT2D eigenvalue weighted by atomic mass is 10.2. The van der Waals surface area contributed by atoms with Crippen molar-refractivity contribution in [2.24, 2.45) is 0 Å². The molecule has 1 aromatic heterocycles. The summed E-state index contributed by atoms with van der Waals surface area (Å²) in [5.41, 5.74) is 1.18. The summed E-state index contributed by atoms with van der Waals surface area (Å²) < 4.78 is 47.4. The van der Waals surface area contributed by atoms with E-state index in [1.165, 1.54) is 12.4 Å². The quantitative estimate of drug-likeness (QED) is 0.757. The topological polar surface area (TPSA) is 73.2 Å². The number of nitrogens with zero attached hydrogens (tertiary/aromatic N) is 1. The molecule has 0 bridgehead atoms. The first kappa shape index (κ1) is 12.4. The molecule has 1 aromatic rings. The Morgan fingerprint density at radius 1 is 1.29 bits per heavy atom. The van der Waals surface area contributed by atoms with Crippen molar-refractivity contribution in [1.29, 1.82) is 0 Å². The molecule has 7 heteroatoms. The first-order chi connectivity index (χ1) is 7.84. The fraction of sp³-hybridized carbons (Fsp3) is 0.400. The number of rotatable bonds is 4. The van der Waals surface area contributed by atoms with E-state index < -0.39 is 19.9 Å². The Kier molecular flexibility index (Phi) is 2.90. The Morgan fingerprint density at radius 3 is 2.29 bits per heavy atom. The molecule has 0 atom stereocenters. The molecule has 5 nitrogen and oxygen atoms in total. The van der Waals surface area contributed by atoms with Crippen molar-refractivity contribution in [3.8, 4) is 0 Å². The molecular formula is C10H13NO4S2. The summed E-state index contributed by atoms with van der Waals surface area (Å²) in [7, 11) is -6.45. The number of sulfone groups is 1. The van der Waals surface area contributed by atoms with Crippen LogP contribution in [0.5, 0.6) is 0 Å². The zero-order valence-electron chi connectivity index (χ0n) is 9.16. The Balaban J connectivity index is 2.31. The molecule has 0 aliphatic carbocycles. The van der Waals surface area contributed by atoms with Gasteiger partial charge in [0.1, 0.15) is 0 Å². The highest BCUT2D eigenvalue weighted by Gasteiger charge is 2.28. The summed E-state index contributed by atoms with van der Waals surface area (Å²) in [4.78, 5) is 0. The molecule has 94 valence electrons. The maximum Gasteiger partial charge on any atom is 0.238 e. The molecule has 0 fully saturated rings. The van der Waals surface area contributed by atoms with E-state index in [1.54, 1.807) is 6.08 Å². The van der Waals surface area contributed by atoms with Crippen LogP contribution in [-0.2, 0) is 31.4 Å². The largest absolute Gasteiger partial charge is 0.252 e. The highest BCUT2D eigenvalue weighted by molar-refractivity contribution is 7.90. The monoisotopic (exact) mass is 275 g/mol. The average Bonchev–Trinajstić information content (AvgIpc) is 2.68. The summed E-state index contributed by atoms with van der Waals surface area (Å²) in [6.45, 7) is 3.47. The second kappa shape index (κ2) is 3.99. The van der Waals surface area contributed by atoms with Gasteiger partial charge in [-0.3, -0.25) is 3.97 Å². The van der Waals surface area contributed by atoms with Crippen LogP contribution >= 0.6 is 0 Å². The van der Waals surface area contributed by atoms with E-state index in [0.717, 1.165) is 3.97 Å². The molecule has 0 spiro atoms. The van der Waals surface area contributed by atoms with Crippen LogP contribution in [0.25, 0.3) is 0 Å². The van der Waals surface area contributed by atoms with Crippen molar-refractivity contribution in [3.05, 3.63) is 36.2 Å². The predicted molar refractivity (Wildman–Crippen MR) is 64.8 cm³/mol. The minimum atomic E-state index is -3.39. The van der Waals surface area contributed by atoms with E-state index >= 15 is 0 Å². The first-order valence-electron chi connectivity index (χ1n) is 5.08. The van der Waals surface area contributed by atoms with Gasteiger partial charge in [0, 0.05) is 12.4 Å². The number of hydrogen-bond acceptors (Lipinski definition) is 4. The summed E-state index contributed by atoms with van der Waals surface area (Å²) in [6.07, 6.45) is 4.72. The van der Waals surface area contributed by atoms with Gasteiger partial charge in [-0.2, -0.15) is 0 Å². The molecule has 0 aromatic carbocycles. The van der Waals surface area contributed by atoms with Crippen LogP contribution in [0.1, 0.15) is 17.5 Å². The number of hydrogen-bond donors (Lipinski definition) is 0. The smallest absolute Gasteiger partial charge is 0.238 e. The minimum Gasteiger partial charge on any atom is -0.252 e. The van der Waals surface area contributed by atoms with E-state index in [-0.39, 0.29) is 17.3 Å². The van der Waals surface area contributed by atoms with Crippen LogP contribution < -0.4 is 0 Å². The maximum atomic E-state index is 11.8. The SMILES string of the molecule is C=CCCS(=O)(=O)n1cc2c(c1)CS(=O)(=O)C2. The molecule has 2 rings (SSSR count). The summed E-state index contributed by atoms with van der Waals surface area (Å²) in [5, 5.41) is 0. The van der Waals surface area contributed by atoms with Crippen molar-refractivity contribution in [3.63, 3.8) is 0 Å². The molecule has 0 saturated heterocycles. The second-order valence-corrected chi connectivity index (χ2v) is 8.12. The standard InChI is InChI=1S/C10H13NO4S2/c1-2-3-4-17(14,15)11-5-9-7-16(12,13)8-10(9)6-11/h2,5-6H,1,3-4,7-8H2. The van der Waals surface area contributed by atoms with E-state index in [2.05, 4.69) is 6.58 Å². The highest BCUT2D eigenvalue weighted by atomic mass is 32.2. The summed E-state index contributed by atoms with van der Waals surface area (Å²) in [5.74, 6) is -0.143. The predicted octanol–water partition coefficient (Wildman–Crippen LogP) is 0.671. The van der Waals surface area contributed by atoms with Gasteiger partial charge in [-0.05, 0) is 17.5 Å². The molecule has 0 N–H and O–H groups in total. The van der Waals surface area contributed by atoms with Crippen LogP contribution in [0.3, 0.4) is 0 Å². The third-order valence-corrected chi connectivity index (χ3v) is 5.74. The fourth-order valence-electron chi connectivity index (χ4n) is 1.79. The Morgan fingerprint density at radius 2 is 1.82 bits per heavy atom. The molecule has 0 amide bonds. The van der Waals surface area contributed by atoms with Crippen molar-refractivity contribution in [1.82, 2.24) is 3.97 Å². The van der Waals surface area contributed by atoms with E-state index in [0.29, 0.717) is 17.5 Å². The molecule has 0 saturated carbocycles. The van der Waals surface area contributed by atoms with Gasteiger partial charge >= 0.3 is 0 Å².